The van der Waals surface area contributed by atoms with Crippen molar-refractivity contribution < 1.29 is 19.1 Å². The van der Waals surface area contributed by atoms with E-state index in [1.165, 1.54) is 28.8 Å². The van der Waals surface area contributed by atoms with Gasteiger partial charge in [0.25, 0.3) is 11.5 Å². The molecule has 1 saturated carbocycles. The van der Waals surface area contributed by atoms with Gasteiger partial charge in [-0.1, -0.05) is 12.1 Å². The van der Waals surface area contributed by atoms with Crippen LogP contribution in [0.3, 0.4) is 0 Å². The lowest BCUT2D eigenvalue weighted by molar-refractivity contribution is -0.129. The Morgan fingerprint density at radius 2 is 1.94 bits per heavy atom. The second-order valence-corrected chi connectivity index (χ2v) is 9.14. The topological polar surface area (TPSA) is 117 Å². The van der Waals surface area contributed by atoms with E-state index in [1.807, 2.05) is 6.92 Å². The molecule has 0 unspecified atom stereocenters. The number of hydrogen-bond acceptors (Lipinski definition) is 6. The first kappa shape index (κ1) is 23.9. The molecule has 0 atom stereocenters. The predicted octanol–water partition coefficient (Wildman–Crippen LogP) is 1.48. The van der Waals surface area contributed by atoms with Crippen LogP contribution in [0.2, 0.25) is 0 Å². The number of benzene rings is 1. The second kappa shape index (κ2) is 9.54. The number of amides is 2. The molecule has 9 nitrogen and oxygen atoms in total. The van der Waals surface area contributed by atoms with Crippen molar-refractivity contribution in [3.63, 3.8) is 0 Å². The molecule has 2 bridgehead atoms. The number of nitrogens with zero attached hydrogens (tertiary/aromatic N) is 3. The largest absolute Gasteiger partial charge is 0.501 e. The van der Waals surface area contributed by atoms with E-state index in [2.05, 4.69) is 15.6 Å². The molecule has 2 aromatic rings. The highest BCUT2D eigenvalue weighted by Crippen LogP contribution is 2.42. The van der Waals surface area contributed by atoms with Crippen molar-refractivity contribution in [2.45, 2.75) is 51.2 Å². The van der Waals surface area contributed by atoms with Crippen LogP contribution in [-0.4, -0.2) is 51.5 Å². The van der Waals surface area contributed by atoms with Crippen LogP contribution in [0.5, 0.6) is 5.75 Å². The standard InChI is InChI=1S/C24H30FN5O4/c1-3-29(2)18(31)13-27-24-10-8-16(9-11-24)14-30-22(34)20(32)19(28-23(24)30)21(33)26-12-15-4-6-17(25)7-5-15/h4-7,16,27,32H,3,8-14H2,1-2H3,(H,26,33). The van der Waals surface area contributed by atoms with Crippen molar-refractivity contribution in [1.29, 1.82) is 0 Å². The molecule has 3 aliphatic rings. The summed E-state index contributed by atoms with van der Waals surface area (Å²) in [5.41, 5.74) is -1.08. The minimum absolute atomic E-state index is 0.0758. The molecule has 2 amide bonds. The van der Waals surface area contributed by atoms with Gasteiger partial charge >= 0.3 is 0 Å². The van der Waals surface area contributed by atoms with E-state index in [0.717, 1.165) is 12.8 Å². The molecule has 5 rings (SSSR count). The summed E-state index contributed by atoms with van der Waals surface area (Å²) >= 11 is 0. The van der Waals surface area contributed by atoms with E-state index >= 15 is 0 Å². The number of carbonyl (C=O) groups excluding carboxylic acids is 2. The molecule has 0 saturated heterocycles. The molecule has 34 heavy (non-hydrogen) atoms. The lowest BCUT2D eigenvalue weighted by Gasteiger charge is -2.37. The molecule has 1 fully saturated rings. The summed E-state index contributed by atoms with van der Waals surface area (Å²) in [6.07, 6.45) is 3.05. The highest BCUT2D eigenvalue weighted by Gasteiger charge is 2.45. The molecule has 1 aromatic heterocycles. The quantitative estimate of drug-likeness (QED) is 0.563. The summed E-state index contributed by atoms with van der Waals surface area (Å²) in [5, 5.41) is 16.5. The summed E-state index contributed by atoms with van der Waals surface area (Å²) in [5.74, 6) is -1.20. The van der Waals surface area contributed by atoms with Crippen LogP contribution in [0.15, 0.2) is 29.1 Å². The molecular weight excluding hydrogens is 441 g/mol. The molecule has 182 valence electrons. The Morgan fingerprint density at radius 3 is 2.59 bits per heavy atom. The van der Waals surface area contributed by atoms with Gasteiger partial charge in [0, 0.05) is 26.7 Å². The number of fused-ring (bicyclic) bond motifs is 2. The zero-order valence-electron chi connectivity index (χ0n) is 19.4. The molecule has 10 heteroatoms. The minimum atomic E-state index is -0.740. The van der Waals surface area contributed by atoms with E-state index in [0.29, 0.717) is 37.3 Å². The predicted molar refractivity (Wildman–Crippen MR) is 123 cm³/mol. The van der Waals surface area contributed by atoms with Gasteiger partial charge in [-0.3, -0.25) is 24.3 Å². The summed E-state index contributed by atoms with van der Waals surface area (Å²) in [6.45, 7) is 3.05. The summed E-state index contributed by atoms with van der Waals surface area (Å²) in [6, 6.07) is 5.65. The third-order valence-electron chi connectivity index (χ3n) is 7.03. The molecule has 0 radical (unpaired) electrons. The van der Waals surface area contributed by atoms with Crippen LogP contribution >= 0.6 is 0 Å². The number of aromatic hydroxyl groups is 1. The van der Waals surface area contributed by atoms with Crippen LogP contribution in [0, 0.1) is 11.7 Å². The van der Waals surface area contributed by atoms with E-state index in [4.69, 9.17) is 0 Å². The van der Waals surface area contributed by atoms with Crippen molar-refractivity contribution in [1.82, 2.24) is 25.1 Å². The van der Waals surface area contributed by atoms with Crippen LogP contribution in [0.25, 0.3) is 0 Å². The summed E-state index contributed by atoms with van der Waals surface area (Å²) < 4.78 is 14.6. The number of aromatic nitrogens is 2. The maximum atomic E-state index is 13.1. The number of likely N-dealkylation sites (N-methyl/N-ethyl adjacent to an activating group) is 1. The van der Waals surface area contributed by atoms with E-state index in [-0.39, 0.29) is 36.4 Å². The van der Waals surface area contributed by atoms with E-state index in [9.17, 15) is 23.9 Å². The van der Waals surface area contributed by atoms with Crippen molar-refractivity contribution in [2.24, 2.45) is 5.92 Å². The van der Waals surface area contributed by atoms with Gasteiger partial charge in [0.15, 0.2) is 5.69 Å². The highest BCUT2D eigenvalue weighted by molar-refractivity contribution is 5.94. The van der Waals surface area contributed by atoms with Gasteiger partial charge in [-0.25, -0.2) is 9.37 Å². The highest BCUT2D eigenvalue weighted by atomic mass is 19.1. The fourth-order valence-electron chi connectivity index (χ4n) is 4.75. The molecule has 1 aliphatic carbocycles. The van der Waals surface area contributed by atoms with Crippen LogP contribution < -0.4 is 16.2 Å². The van der Waals surface area contributed by atoms with Gasteiger partial charge in [0.05, 0.1) is 12.1 Å². The molecule has 1 aromatic carbocycles. The molecular formula is C24H30FN5O4. The Balaban J connectivity index is 1.65. The van der Waals surface area contributed by atoms with E-state index in [1.54, 1.807) is 11.9 Å². The fraction of sp³-hybridized carbons (Fsp3) is 0.500. The third-order valence-corrected chi connectivity index (χ3v) is 7.03. The lowest BCUT2D eigenvalue weighted by Crippen LogP contribution is -2.50. The monoisotopic (exact) mass is 471 g/mol. The minimum Gasteiger partial charge on any atom is -0.501 e. The fourth-order valence-corrected chi connectivity index (χ4v) is 4.75. The van der Waals surface area contributed by atoms with Crippen molar-refractivity contribution >= 4 is 11.8 Å². The van der Waals surface area contributed by atoms with Crippen molar-refractivity contribution in [3.05, 3.63) is 57.5 Å². The van der Waals surface area contributed by atoms with Crippen LogP contribution in [0.4, 0.5) is 4.39 Å². The Bertz CT molecular complexity index is 1140. The normalized spacial score (nSPS) is 21.0. The SMILES string of the molecule is CCN(C)C(=O)CNC12CCC(CC1)Cn1c2nc(C(=O)NCc2ccc(F)cc2)c(O)c1=O. The molecule has 3 heterocycles. The van der Waals surface area contributed by atoms with Gasteiger partial charge in [-0.15, -0.1) is 0 Å². The Morgan fingerprint density at radius 1 is 1.26 bits per heavy atom. The average molecular weight is 472 g/mol. The molecule has 2 aliphatic heterocycles. The first-order valence-corrected chi connectivity index (χ1v) is 11.6. The number of nitrogens with one attached hydrogen (secondary N) is 2. The van der Waals surface area contributed by atoms with Gasteiger partial charge in [-0.05, 0) is 56.2 Å². The zero-order chi connectivity index (χ0) is 24.5. The molecule has 0 spiro atoms. The smallest absolute Gasteiger partial charge is 0.296 e. The summed E-state index contributed by atoms with van der Waals surface area (Å²) in [7, 11) is 1.73. The maximum absolute atomic E-state index is 13.1. The first-order valence-electron chi connectivity index (χ1n) is 11.6. The Hall–Kier alpha value is -3.27. The number of hydrogen-bond donors (Lipinski definition) is 3. The first-order chi connectivity index (χ1) is 16.2. The number of carbonyl (C=O) groups is 2. The number of rotatable bonds is 7. The van der Waals surface area contributed by atoms with Gasteiger partial charge in [0.2, 0.25) is 11.7 Å². The van der Waals surface area contributed by atoms with Crippen LogP contribution in [-0.2, 0) is 23.4 Å². The van der Waals surface area contributed by atoms with Crippen molar-refractivity contribution in [3.8, 4) is 5.75 Å². The number of halogens is 1. The van der Waals surface area contributed by atoms with E-state index < -0.39 is 22.8 Å². The zero-order valence-corrected chi connectivity index (χ0v) is 19.4. The average Bonchev–Trinajstić information content (AvgIpc) is 3.10. The van der Waals surface area contributed by atoms with Gasteiger partial charge < -0.3 is 15.3 Å². The Kier molecular flexibility index (Phi) is 6.70. The maximum Gasteiger partial charge on any atom is 0.296 e. The molecule has 3 N–H and O–H groups in total. The second-order valence-electron chi connectivity index (χ2n) is 9.14. The van der Waals surface area contributed by atoms with Gasteiger partial charge in [-0.2, -0.15) is 0 Å². The lowest BCUT2D eigenvalue weighted by atomic mass is 9.77. The summed E-state index contributed by atoms with van der Waals surface area (Å²) in [4.78, 5) is 44.6. The van der Waals surface area contributed by atoms with Gasteiger partial charge in [0.1, 0.15) is 11.6 Å². The van der Waals surface area contributed by atoms with Crippen LogP contribution in [0.1, 0.15) is 54.5 Å². The van der Waals surface area contributed by atoms with Crippen molar-refractivity contribution in [2.75, 3.05) is 20.1 Å². The third kappa shape index (κ3) is 4.54. The Labute approximate surface area is 197 Å².